The number of benzene rings is 2. The van der Waals surface area contributed by atoms with Gasteiger partial charge >= 0.3 is 0 Å². The van der Waals surface area contributed by atoms with Crippen LogP contribution in [0.3, 0.4) is 0 Å². The Balaban J connectivity index is 0.000000861. The molecule has 0 aliphatic rings. The Bertz CT molecular complexity index is 700. The first kappa shape index (κ1) is 15.1. The van der Waals surface area contributed by atoms with Crippen molar-refractivity contribution in [2.45, 2.75) is 34.1 Å². The van der Waals surface area contributed by atoms with Crippen LogP contribution in [0, 0.1) is 26.7 Å². The number of aryl methyl sites for hydroxylation is 2. The monoisotopic (exact) mass is 250 g/mol. The minimum Gasteiger partial charge on any atom is -0.124 e. The average Bonchev–Trinajstić information content (AvgIpc) is 2.47. The van der Waals surface area contributed by atoms with E-state index in [-0.39, 0.29) is 0 Å². The molecule has 0 aromatic heterocycles. The Morgan fingerprint density at radius 3 is 1.84 bits per heavy atom. The molecule has 0 amide bonds. The van der Waals surface area contributed by atoms with Crippen LogP contribution in [-0.2, 0) is 0 Å². The molecule has 2 aromatic rings. The number of hydrogen-bond acceptors (Lipinski definition) is 0. The molecule has 0 heteroatoms. The number of rotatable bonds is 1. The quantitative estimate of drug-likeness (QED) is 0.677. The highest BCUT2D eigenvalue weighted by Gasteiger charge is 2.04. The SMILES string of the molecule is C#C.C/C=c1/c(C)c2ccccc2c(C)/c1=C/CC. The normalized spacial score (nSPS) is 12.3. The molecule has 0 aliphatic carbocycles. The van der Waals surface area contributed by atoms with Crippen LogP contribution < -0.4 is 10.4 Å². The molecule has 98 valence electrons. The van der Waals surface area contributed by atoms with Gasteiger partial charge < -0.3 is 0 Å². The van der Waals surface area contributed by atoms with Gasteiger partial charge in [0.1, 0.15) is 0 Å². The van der Waals surface area contributed by atoms with Crippen molar-refractivity contribution in [2.24, 2.45) is 0 Å². The van der Waals surface area contributed by atoms with Crippen LogP contribution in [0.25, 0.3) is 22.9 Å². The van der Waals surface area contributed by atoms with E-state index in [1.54, 1.807) is 0 Å². The van der Waals surface area contributed by atoms with E-state index in [4.69, 9.17) is 0 Å². The van der Waals surface area contributed by atoms with Gasteiger partial charge in [-0.15, -0.1) is 12.8 Å². The molecule has 0 saturated heterocycles. The minimum atomic E-state index is 1.08. The Morgan fingerprint density at radius 1 is 0.947 bits per heavy atom. The highest BCUT2D eigenvalue weighted by atomic mass is 14.1. The lowest BCUT2D eigenvalue weighted by molar-refractivity contribution is 1.26. The summed E-state index contributed by atoms with van der Waals surface area (Å²) in [4.78, 5) is 0. The van der Waals surface area contributed by atoms with Crippen LogP contribution >= 0.6 is 0 Å². The second-order valence-electron chi connectivity index (χ2n) is 4.52. The van der Waals surface area contributed by atoms with E-state index in [1.807, 2.05) is 0 Å². The summed E-state index contributed by atoms with van der Waals surface area (Å²) in [5, 5.41) is 5.57. The van der Waals surface area contributed by atoms with Gasteiger partial charge in [0.15, 0.2) is 0 Å². The van der Waals surface area contributed by atoms with Crippen molar-refractivity contribution in [3.63, 3.8) is 0 Å². The molecular formula is C19H22. The Hall–Kier alpha value is -2.00. The van der Waals surface area contributed by atoms with E-state index in [9.17, 15) is 0 Å². The Labute approximate surface area is 116 Å². The van der Waals surface area contributed by atoms with Crippen LogP contribution in [0.2, 0.25) is 0 Å². The second kappa shape index (κ2) is 6.81. The summed E-state index contributed by atoms with van der Waals surface area (Å²) in [6.45, 7) is 8.79. The molecule has 0 aliphatic heterocycles. The average molecular weight is 250 g/mol. The third-order valence-corrected chi connectivity index (χ3v) is 3.53. The number of terminal acetylenes is 1. The smallest absolute Gasteiger partial charge is 0.0146 e. The van der Waals surface area contributed by atoms with Crippen molar-refractivity contribution in [1.29, 1.82) is 0 Å². The van der Waals surface area contributed by atoms with Gasteiger partial charge in [-0.2, -0.15) is 0 Å². The Kier molecular flexibility index (Phi) is 5.39. The zero-order valence-corrected chi connectivity index (χ0v) is 12.3. The zero-order valence-electron chi connectivity index (χ0n) is 12.3. The van der Waals surface area contributed by atoms with Crippen LogP contribution in [0.5, 0.6) is 0 Å². The molecule has 0 atom stereocenters. The molecule has 0 saturated carbocycles. The molecule has 0 bridgehead atoms. The zero-order chi connectivity index (χ0) is 14.4. The first-order chi connectivity index (χ1) is 9.20. The van der Waals surface area contributed by atoms with E-state index in [1.165, 1.54) is 32.3 Å². The predicted molar refractivity (Wildman–Crippen MR) is 87.5 cm³/mol. The summed E-state index contributed by atoms with van der Waals surface area (Å²) >= 11 is 0. The van der Waals surface area contributed by atoms with Crippen molar-refractivity contribution >= 4 is 22.9 Å². The molecule has 0 unspecified atom stereocenters. The fourth-order valence-electron chi connectivity index (χ4n) is 2.67. The standard InChI is InChI=1S/C17H20.C2H2/c1-5-9-15-13(4)17-11-8-7-10-16(17)12(3)14(15)6-2;1-2/h6-11H,5H2,1-4H3;1-2H/b14-6-,15-9-;. The van der Waals surface area contributed by atoms with E-state index in [0.717, 1.165) is 6.42 Å². The first-order valence-electron chi connectivity index (χ1n) is 6.68. The summed E-state index contributed by atoms with van der Waals surface area (Å²) in [6, 6.07) is 8.70. The van der Waals surface area contributed by atoms with E-state index >= 15 is 0 Å². The van der Waals surface area contributed by atoms with Gasteiger partial charge in [0, 0.05) is 0 Å². The van der Waals surface area contributed by atoms with Crippen LogP contribution in [-0.4, -0.2) is 0 Å². The van der Waals surface area contributed by atoms with Gasteiger partial charge in [-0.1, -0.05) is 43.3 Å². The minimum absolute atomic E-state index is 1.08. The van der Waals surface area contributed by atoms with E-state index in [0.29, 0.717) is 0 Å². The van der Waals surface area contributed by atoms with Crippen molar-refractivity contribution in [2.75, 3.05) is 0 Å². The predicted octanol–water partition coefficient (Wildman–Crippen LogP) is 3.70. The van der Waals surface area contributed by atoms with Crippen LogP contribution in [0.15, 0.2) is 24.3 Å². The highest BCUT2D eigenvalue weighted by Crippen LogP contribution is 2.16. The fraction of sp³-hybridized carbons (Fsp3) is 0.263. The van der Waals surface area contributed by atoms with Gasteiger partial charge in [-0.05, 0) is 59.5 Å². The van der Waals surface area contributed by atoms with Gasteiger partial charge in [0.05, 0.1) is 0 Å². The lowest BCUT2D eigenvalue weighted by atomic mass is 9.96. The van der Waals surface area contributed by atoms with E-state index in [2.05, 4.69) is 77.0 Å². The lowest BCUT2D eigenvalue weighted by Gasteiger charge is -2.09. The van der Waals surface area contributed by atoms with Gasteiger partial charge in [0.2, 0.25) is 0 Å². The summed E-state index contributed by atoms with van der Waals surface area (Å²) in [6.07, 6.45) is 13.7. The summed E-state index contributed by atoms with van der Waals surface area (Å²) < 4.78 is 0. The first-order valence-corrected chi connectivity index (χ1v) is 6.68. The maximum Gasteiger partial charge on any atom is -0.0146 e. The van der Waals surface area contributed by atoms with Gasteiger partial charge in [-0.25, -0.2) is 0 Å². The third-order valence-electron chi connectivity index (χ3n) is 3.53. The van der Waals surface area contributed by atoms with E-state index < -0.39 is 0 Å². The molecule has 19 heavy (non-hydrogen) atoms. The summed E-state index contributed by atoms with van der Waals surface area (Å²) in [5.41, 5.74) is 2.80. The molecular weight excluding hydrogens is 228 g/mol. The fourth-order valence-corrected chi connectivity index (χ4v) is 2.67. The molecule has 0 nitrogen and oxygen atoms in total. The number of fused-ring (bicyclic) bond motifs is 1. The molecule has 0 radical (unpaired) electrons. The maximum absolute atomic E-state index is 4.00. The lowest BCUT2D eigenvalue weighted by Crippen LogP contribution is -2.30. The number of hydrogen-bond donors (Lipinski definition) is 0. The van der Waals surface area contributed by atoms with Crippen LogP contribution in [0.1, 0.15) is 31.4 Å². The highest BCUT2D eigenvalue weighted by molar-refractivity contribution is 5.89. The molecule has 2 aromatic carbocycles. The second-order valence-corrected chi connectivity index (χ2v) is 4.52. The molecule has 2 rings (SSSR count). The van der Waals surface area contributed by atoms with Crippen molar-refractivity contribution < 1.29 is 0 Å². The molecule has 0 N–H and O–H groups in total. The molecule has 0 heterocycles. The summed E-state index contributed by atoms with van der Waals surface area (Å²) in [5.74, 6) is 0. The van der Waals surface area contributed by atoms with Crippen LogP contribution in [0.4, 0.5) is 0 Å². The summed E-state index contributed by atoms with van der Waals surface area (Å²) in [7, 11) is 0. The van der Waals surface area contributed by atoms with Gasteiger partial charge in [-0.3, -0.25) is 0 Å². The Morgan fingerprint density at radius 2 is 1.42 bits per heavy atom. The molecule has 0 spiro atoms. The largest absolute Gasteiger partial charge is 0.124 e. The van der Waals surface area contributed by atoms with Crippen molar-refractivity contribution in [3.05, 3.63) is 45.8 Å². The maximum atomic E-state index is 4.00. The van der Waals surface area contributed by atoms with Crippen molar-refractivity contribution in [1.82, 2.24) is 0 Å². The molecule has 0 fully saturated rings. The van der Waals surface area contributed by atoms with Crippen molar-refractivity contribution in [3.8, 4) is 12.8 Å². The van der Waals surface area contributed by atoms with Gasteiger partial charge in [0.25, 0.3) is 0 Å². The topological polar surface area (TPSA) is 0 Å². The third kappa shape index (κ3) is 2.71.